The average molecular weight is 420 g/mol. The lowest BCUT2D eigenvalue weighted by Crippen LogP contribution is -2.37. The summed E-state index contributed by atoms with van der Waals surface area (Å²) >= 11 is 0. The van der Waals surface area contributed by atoms with Crippen molar-refractivity contribution in [3.63, 3.8) is 0 Å². The van der Waals surface area contributed by atoms with Gasteiger partial charge in [0, 0.05) is 13.0 Å². The number of hydrogen-bond acceptors (Lipinski definition) is 3. The maximum absolute atomic E-state index is 13.0. The topological polar surface area (TPSA) is 87.3 Å². The van der Waals surface area contributed by atoms with Gasteiger partial charge < -0.3 is 16.0 Å². The van der Waals surface area contributed by atoms with Crippen LogP contribution in [0.1, 0.15) is 60.5 Å². The standard InChI is InChI=1S/C25H29N3O3/c1-17-10-6-7-11-19(17)16-23(26-18(2)29)25(31)28-22-15-9-8-14-21(22)24(30)27-20-12-4-3-5-13-20/h6-11,14-16,20H,3-5,12-13H2,1-2H3,(H,26,29)(H,27,30)(H,28,31). The number of para-hydroxylation sites is 1. The van der Waals surface area contributed by atoms with Crippen LogP contribution in [0.4, 0.5) is 5.69 Å². The molecule has 2 aromatic carbocycles. The van der Waals surface area contributed by atoms with Gasteiger partial charge in [-0.15, -0.1) is 0 Å². The van der Waals surface area contributed by atoms with Crippen LogP contribution in [0.3, 0.4) is 0 Å². The van der Waals surface area contributed by atoms with Gasteiger partial charge in [-0.05, 0) is 49.1 Å². The molecule has 6 nitrogen and oxygen atoms in total. The maximum Gasteiger partial charge on any atom is 0.272 e. The van der Waals surface area contributed by atoms with E-state index in [1.807, 2.05) is 31.2 Å². The zero-order valence-corrected chi connectivity index (χ0v) is 18.0. The molecule has 1 aliphatic rings. The Morgan fingerprint density at radius 1 is 0.935 bits per heavy atom. The number of carbonyl (C=O) groups is 3. The lowest BCUT2D eigenvalue weighted by Gasteiger charge is -2.23. The fourth-order valence-electron chi connectivity index (χ4n) is 3.74. The monoisotopic (exact) mass is 419 g/mol. The van der Waals surface area contributed by atoms with Crippen molar-refractivity contribution in [3.8, 4) is 0 Å². The summed E-state index contributed by atoms with van der Waals surface area (Å²) in [6.07, 6.45) is 7.04. The van der Waals surface area contributed by atoms with Crippen molar-refractivity contribution < 1.29 is 14.4 Å². The Morgan fingerprint density at radius 3 is 2.32 bits per heavy atom. The van der Waals surface area contributed by atoms with Gasteiger partial charge in [0.2, 0.25) is 5.91 Å². The second-order valence-corrected chi connectivity index (χ2v) is 7.90. The molecule has 1 aliphatic carbocycles. The molecule has 162 valence electrons. The highest BCUT2D eigenvalue weighted by Crippen LogP contribution is 2.21. The Balaban J connectivity index is 1.81. The lowest BCUT2D eigenvalue weighted by atomic mass is 9.95. The van der Waals surface area contributed by atoms with Crippen LogP contribution >= 0.6 is 0 Å². The smallest absolute Gasteiger partial charge is 0.272 e. The molecular formula is C25H29N3O3. The molecule has 0 saturated heterocycles. The first kappa shape index (κ1) is 22.3. The van der Waals surface area contributed by atoms with Crippen LogP contribution in [-0.4, -0.2) is 23.8 Å². The van der Waals surface area contributed by atoms with Crippen LogP contribution < -0.4 is 16.0 Å². The Kier molecular flexibility index (Phi) is 7.60. The maximum atomic E-state index is 13.0. The minimum atomic E-state index is -0.489. The van der Waals surface area contributed by atoms with Gasteiger partial charge in [0.1, 0.15) is 5.70 Å². The molecule has 3 amide bonds. The van der Waals surface area contributed by atoms with Gasteiger partial charge in [0.15, 0.2) is 0 Å². The van der Waals surface area contributed by atoms with Crippen LogP contribution in [0, 0.1) is 6.92 Å². The Labute approximate surface area is 183 Å². The molecule has 0 spiro atoms. The Bertz CT molecular complexity index is 991. The SMILES string of the molecule is CC(=O)NC(=Cc1ccccc1C)C(=O)Nc1ccccc1C(=O)NC1CCCCC1. The molecule has 0 aromatic heterocycles. The van der Waals surface area contributed by atoms with Crippen LogP contribution in [-0.2, 0) is 9.59 Å². The van der Waals surface area contributed by atoms with Crippen LogP contribution in [0.2, 0.25) is 0 Å². The van der Waals surface area contributed by atoms with Crippen molar-refractivity contribution in [1.29, 1.82) is 0 Å². The van der Waals surface area contributed by atoms with E-state index in [-0.39, 0.29) is 23.6 Å². The second-order valence-electron chi connectivity index (χ2n) is 7.90. The highest BCUT2D eigenvalue weighted by Gasteiger charge is 2.20. The first-order valence-corrected chi connectivity index (χ1v) is 10.7. The first-order valence-electron chi connectivity index (χ1n) is 10.7. The molecule has 0 atom stereocenters. The van der Waals surface area contributed by atoms with Gasteiger partial charge in [-0.1, -0.05) is 55.7 Å². The third-order valence-corrected chi connectivity index (χ3v) is 5.40. The van der Waals surface area contributed by atoms with Gasteiger partial charge in [0.25, 0.3) is 11.8 Å². The number of benzene rings is 2. The molecule has 0 unspecified atom stereocenters. The molecular weight excluding hydrogens is 390 g/mol. The Morgan fingerprint density at radius 2 is 1.61 bits per heavy atom. The van der Waals surface area contributed by atoms with Gasteiger partial charge in [-0.25, -0.2) is 0 Å². The van der Waals surface area contributed by atoms with Gasteiger partial charge in [-0.2, -0.15) is 0 Å². The molecule has 3 N–H and O–H groups in total. The molecule has 1 fully saturated rings. The van der Waals surface area contributed by atoms with E-state index < -0.39 is 5.91 Å². The highest BCUT2D eigenvalue weighted by molar-refractivity contribution is 6.11. The normalized spacial score (nSPS) is 14.6. The predicted molar refractivity (Wildman–Crippen MR) is 122 cm³/mol. The zero-order valence-electron chi connectivity index (χ0n) is 18.0. The summed E-state index contributed by atoms with van der Waals surface area (Å²) in [7, 11) is 0. The summed E-state index contributed by atoms with van der Waals surface area (Å²) in [5, 5.41) is 8.47. The Hall–Kier alpha value is -3.41. The number of amides is 3. The van der Waals surface area contributed by atoms with Crippen molar-refractivity contribution >= 4 is 29.5 Å². The molecule has 0 heterocycles. The highest BCUT2D eigenvalue weighted by atomic mass is 16.2. The number of carbonyl (C=O) groups excluding carboxylic acids is 3. The van der Waals surface area contributed by atoms with Crippen LogP contribution in [0.25, 0.3) is 6.08 Å². The summed E-state index contributed by atoms with van der Waals surface area (Å²) in [6, 6.07) is 14.7. The first-order chi connectivity index (χ1) is 14.9. The number of rotatable bonds is 6. The molecule has 0 radical (unpaired) electrons. The zero-order chi connectivity index (χ0) is 22.2. The summed E-state index contributed by atoms with van der Waals surface area (Å²) in [4.78, 5) is 37.5. The number of nitrogens with one attached hydrogen (secondary N) is 3. The number of hydrogen-bond donors (Lipinski definition) is 3. The van der Waals surface area contributed by atoms with E-state index >= 15 is 0 Å². The van der Waals surface area contributed by atoms with E-state index in [0.29, 0.717) is 11.3 Å². The molecule has 1 saturated carbocycles. The summed E-state index contributed by atoms with van der Waals surface area (Å²) in [5.41, 5.74) is 2.72. The second kappa shape index (κ2) is 10.6. The van der Waals surface area contributed by atoms with Crippen LogP contribution in [0.5, 0.6) is 0 Å². The summed E-state index contributed by atoms with van der Waals surface area (Å²) < 4.78 is 0. The number of aryl methyl sites for hydroxylation is 1. The molecule has 0 aliphatic heterocycles. The lowest BCUT2D eigenvalue weighted by molar-refractivity contribution is -0.120. The van der Waals surface area contributed by atoms with Gasteiger partial charge in [-0.3, -0.25) is 14.4 Å². The van der Waals surface area contributed by atoms with E-state index in [1.54, 1.807) is 30.3 Å². The van der Waals surface area contributed by atoms with E-state index in [4.69, 9.17) is 0 Å². The fourth-order valence-corrected chi connectivity index (χ4v) is 3.74. The fraction of sp³-hybridized carbons (Fsp3) is 0.320. The van der Waals surface area contributed by atoms with Crippen molar-refractivity contribution in [1.82, 2.24) is 10.6 Å². The largest absolute Gasteiger partial charge is 0.349 e. The van der Waals surface area contributed by atoms with Crippen molar-refractivity contribution in [2.45, 2.75) is 52.0 Å². The van der Waals surface area contributed by atoms with E-state index in [1.165, 1.54) is 13.3 Å². The summed E-state index contributed by atoms with van der Waals surface area (Å²) in [6.45, 7) is 3.28. The van der Waals surface area contributed by atoms with Crippen LogP contribution in [0.15, 0.2) is 54.2 Å². The molecule has 3 rings (SSSR count). The minimum absolute atomic E-state index is 0.115. The van der Waals surface area contributed by atoms with Crippen molar-refractivity contribution in [2.75, 3.05) is 5.32 Å². The minimum Gasteiger partial charge on any atom is -0.349 e. The molecule has 2 aromatic rings. The molecule has 0 bridgehead atoms. The number of anilines is 1. The van der Waals surface area contributed by atoms with Crippen molar-refractivity contribution in [2.24, 2.45) is 0 Å². The van der Waals surface area contributed by atoms with Gasteiger partial charge in [0.05, 0.1) is 11.3 Å². The summed E-state index contributed by atoms with van der Waals surface area (Å²) in [5.74, 6) is -1.04. The van der Waals surface area contributed by atoms with E-state index in [0.717, 1.165) is 36.8 Å². The molecule has 6 heteroatoms. The van der Waals surface area contributed by atoms with Gasteiger partial charge >= 0.3 is 0 Å². The molecule has 31 heavy (non-hydrogen) atoms. The predicted octanol–water partition coefficient (Wildman–Crippen LogP) is 4.17. The van der Waals surface area contributed by atoms with E-state index in [2.05, 4.69) is 16.0 Å². The van der Waals surface area contributed by atoms with E-state index in [9.17, 15) is 14.4 Å². The van der Waals surface area contributed by atoms with Crippen molar-refractivity contribution in [3.05, 3.63) is 70.9 Å². The average Bonchev–Trinajstić information content (AvgIpc) is 2.75. The third kappa shape index (κ3) is 6.28. The quantitative estimate of drug-likeness (QED) is 0.614. The third-order valence-electron chi connectivity index (χ3n) is 5.40.